The Labute approximate surface area is 199 Å². The summed E-state index contributed by atoms with van der Waals surface area (Å²) in [6.45, 7) is 3.15. The second-order valence-corrected chi connectivity index (χ2v) is 9.23. The Hall–Kier alpha value is -2.35. The molecule has 0 unspecified atom stereocenters. The van der Waals surface area contributed by atoms with Gasteiger partial charge in [-0.3, -0.25) is 0 Å². The van der Waals surface area contributed by atoms with Gasteiger partial charge in [0, 0.05) is 43.0 Å². The number of ether oxygens (including phenoxy) is 3. The highest BCUT2D eigenvalue weighted by atomic mass is 35.5. The molecule has 8 heteroatoms. The number of aliphatic carboxylic acids is 1. The minimum Gasteiger partial charge on any atom is -0.480 e. The second-order valence-electron chi connectivity index (χ2n) is 8.85. The monoisotopic (exact) mass is 474 g/mol. The Morgan fingerprint density at radius 3 is 2.64 bits per heavy atom. The minimum absolute atomic E-state index is 0.250. The van der Waals surface area contributed by atoms with Gasteiger partial charge in [-0.1, -0.05) is 30.5 Å². The largest absolute Gasteiger partial charge is 0.480 e. The lowest BCUT2D eigenvalue weighted by Crippen LogP contribution is -2.50. The summed E-state index contributed by atoms with van der Waals surface area (Å²) in [7, 11) is 1.55. The lowest BCUT2D eigenvalue weighted by atomic mass is 9.89. The predicted molar refractivity (Wildman–Crippen MR) is 127 cm³/mol. The Bertz CT molecular complexity index is 1000. The zero-order valence-electron chi connectivity index (χ0n) is 19.2. The normalized spacial score (nSPS) is 18.3. The van der Waals surface area contributed by atoms with Crippen LogP contribution >= 0.6 is 11.6 Å². The number of aromatic nitrogens is 1. The van der Waals surface area contributed by atoms with Gasteiger partial charge in [-0.15, -0.1) is 0 Å². The number of benzene rings is 1. The van der Waals surface area contributed by atoms with E-state index in [1.54, 1.807) is 7.11 Å². The Morgan fingerprint density at radius 2 is 1.97 bits per heavy atom. The Kier molecular flexibility index (Phi) is 7.41. The first-order chi connectivity index (χ1) is 15.9. The van der Waals surface area contributed by atoms with Gasteiger partial charge in [-0.25, -0.2) is 9.78 Å². The van der Waals surface area contributed by atoms with Gasteiger partial charge in [0.05, 0.1) is 19.8 Å². The average Bonchev–Trinajstić information content (AvgIpc) is 3.33. The molecule has 0 amide bonds. The van der Waals surface area contributed by atoms with Crippen molar-refractivity contribution in [2.75, 3.05) is 25.6 Å². The molecule has 2 N–H and O–H groups in total. The molecule has 2 fully saturated rings. The van der Waals surface area contributed by atoms with Crippen LogP contribution in [0.15, 0.2) is 24.3 Å². The molecule has 2 aliphatic rings. The standard InChI is InChI=1S/C25H31ClN2O5/c1-16-13-21(22(26)23(27-16)31-2)20-8-7-18(14-17(20)15-33-19-5-3-4-6-19)28-25(24(29)30)9-11-32-12-10-25/h7-8,13-14,19,28H,3-6,9-12,15H2,1-2H3,(H,29,30). The van der Waals surface area contributed by atoms with E-state index in [2.05, 4.69) is 10.3 Å². The lowest BCUT2D eigenvalue weighted by Gasteiger charge is -2.35. The molecule has 0 radical (unpaired) electrons. The number of hydrogen-bond acceptors (Lipinski definition) is 6. The lowest BCUT2D eigenvalue weighted by molar-refractivity contribution is -0.145. The number of carboxylic acid groups (broad SMARTS) is 1. The van der Waals surface area contributed by atoms with E-state index in [0.717, 1.165) is 40.9 Å². The van der Waals surface area contributed by atoms with Crippen LogP contribution < -0.4 is 10.1 Å². The van der Waals surface area contributed by atoms with Crippen LogP contribution in [-0.2, 0) is 20.9 Å². The molecule has 7 nitrogen and oxygen atoms in total. The number of carboxylic acids is 1. The van der Waals surface area contributed by atoms with Gasteiger partial charge in [0.25, 0.3) is 0 Å². The van der Waals surface area contributed by atoms with E-state index in [-0.39, 0.29) is 6.10 Å². The smallest absolute Gasteiger partial charge is 0.329 e. The topological polar surface area (TPSA) is 89.9 Å². The summed E-state index contributed by atoms with van der Waals surface area (Å²) in [5.41, 5.74) is 3.16. The number of rotatable bonds is 8. The SMILES string of the molecule is COc1nc(C)cc(-c2ccc(NC3(C(=O)O)CCOCC3)cc2COC2CCCC2)c1Cl. The summed E-state index contributed by atoms with van der Waals surface area (Å²) in [4.78, 5) is 16.5. The van der Waals surface area contributed by atoms with Crippen LogP contribution in [0.5, 0.6) is 5.88 Å². The predicted octanol–water partition coefficient (Wildman–Crippen LogP) is 5.22. The fraction of sp³-hybridized carbons (Fsp3) is 0.520. The van der Waals surface area contributed by atoms with Crippen molar-refractivity contribution in [2.45, 2.75) is 63.7 Å². The number of hydrogen-bond donors (Lipinski definition) is 2. The third-order valence-corrected chi connectivity index (χ3v) is 6.93. The van der Waals surface area contributed by atoms with Gasteiger partial charge >= 0.3 is 5.97 Å². The molecule has 1 aromatic carbocycles. The molecule has 1 saturated heterocycles. The van der Waals surface area contributed by atoms with Crippen LogP contribution in [0.1, 0.15) is 49.8 Å². The van der Waals surface area contributed by atoms with E-state index >= 15 is 0 Å². The van der Waals surface area contributed by atoms with Crippen LogP contribution in [0.4, 0.5) is 5.69 Å². The molecule has 33 heavy (non-hydrogen) atoms. The van der Waals surface area contributed by atoms with Gasteiger partial charge in [-0.05, 0) is 49.1 Å². The van der Waals surface area contributed by atoms with Crippen molar-refractivity contribution in [1.29, 1.82) is 0 Å². The maximum Gasteiger partial charge on any atom is 0.329 e. The summed E-state index contributed by atoms with van der Waals surface area (Å²) >= 11 is 6.64. The Morgan fingerprint density at radius 1 is 1.24 bits per heavy atom. The molecule has 1 aliphatic heterocycles. The zero-order chi connectivity index (χ0) is 23.4. The molecule has 178 valence electrons. The van der Waals surface area contributed by atoms with Gasteiger partial charge in [0.1, 0.15) is 10.6 Å². The van der Waals surface area contributed by atoms with E-state index in [0.29, 0.717) is 43.6 Å². The Balaban J connectivity index is 1.70. The molecule has 0 atom stereocenters. The molecule has 0 spiro atoms. The zero-order valence-corrected chi connectivity index (χ0v) is 19.9. The van der Waals surface area contributed by atoms with E-state index in [4.69, 9.17) is 25.8 Å². The van der Waals surface area contributed by atoms with Crippen molar-refractivity contribution in [2.24, 2.45) is 0 Å². The summed E-state index contributed by atoms with van der Waals surface area (Å²) in [5, 5.41) is 13.7. The second kappa shape index (κ2) is 10.3. The first-order valence-electron chi connectivity index (χ1n) is 11.5. The van der Waals surface area contributed by atoms with Gasteiger partial charge in [0.2, 0.25) is 5.88 Å². The molecule has 1 aromatic heterocycles. The highest BCUT2D eigenvalue weighted by Gasteiger charge is 2.40. The minimum atomic E-state index is -1.04. The number of carbonyl (C=O) groups is 1. The molecule has 0 bridgehead atoms. The van der Waals surface area contributed by atoms with E-state index in [9.17, 15) is 9.90 Å². The summed E-state index contributed by atoms with van der Waals surface area (Å²) < 4.78 is 17.0. The van der Waals surface area contributed by atoms with Crippen molar-refractivity contribution in [1.82, 2.24) is 4.98 Å². The quantitative estimate of drug-likeness (QED) is 0.541. The van der Waals surface area contributed by atoms with Crippen molar-refractivity contribution in [3.63, 3.8) is 0 Å². The third-order valence-electron chi connectivity index (χ3n) is 6.56. The number of aryl methyl sites for hydroxylation is 1. The van der Waals surface area contributed by atoms with Crippen LogP contribution in [0, 0.1) is 6.92 Å². The first kappa shape index (κ1) is 23.8. The number of anilines is 1. The summed E-state index contributed by atoms with van der Waals surface area (Å²) in [6, 6.07) is 7.77. The maximum absolute atomic E-state index is 12.1. The third kappa shape index (κ3) is 5.26. The molecular weight excluding hydrogens is 444 g/mol. The number of pyridine rings is 1. The fourth-order valence-electron chi connectivity index (χ4n) is 4.66. The van der Waals surface area contributed by atoms with E-state index < -0.39 is 11.5 Å². The maximum atomic E-state index is 12.1. The van der Waals surface area contributed by atoms with Gasteiger partial charge in [0.15, 0.2) is 0 Å². The van der Waals surface area contributed by atoms with Crippen LogP contribution in [-0.4, -0.2) is 48.0 Å². The van der Waals surface area contributed by atoms with Crippen molar-refractivity contribution >= 4 is 23.3 Å². The number of nitrogens with one attached hydrogen (secondary N) is 1. The van der Waals surface area contributed by atoms with Crippen LogP contribution in [0.25, 0.3) is 11.1 Å². The molecule has 1 aliphatic carbocycles. The number of methoxy groups -OCH3 is 1. The molecule has 4 rings (SSSR count). The van der Waals surface area contributed by atoms with Crippen molar-refractivity contribution in [3.8, 4) is 17.0 Å². The summed E-state index contributed by atoms with van der Waals surface area (Å²) in [5.74, 6) is -0.486. The van der Waals surface area contributed by atoms with Crippen LogP contribution in [0.2, 0.25) is 5.02 Å². The molecule has 2 heterocycles. The van der Waals surface area contributed by atoms with Crippen molar-refractivity contribution in [3.05, 3.63) is 40.5 Å². The van der Waals surface area contributed by atoms with Crippen LogP contribution in [0.3, 0.4) is 0 Å². The highest BCUT2D eigenvalue weighted by molar-refractivity contribution is 6.34. The number of nitrogens with zero attached hydrogens (tertiary/aromatic N) is 1. The average molecular weight is 475 g/mol. The van der Waals surface area contributed by atoms with Gasteiger partial charge < -0.3 is 24.6 Å². The first-order valence-corrected chi connectivity index (χ1v) is 11.8. The van der Waals surface area contributed by atoms with Gasteiger partial charge in [-0.2, -0.15) is 0 Å². The van der Waals surface area contributed by atoms with E-state index in [1.165, 1.54) is 12.8 Å². The number of halogens is 1. The molecular formula is C25H31ClN2O5. The van der Waals surface area contributed by atoms with Crippen molar-refractivity contribution < 1.29 is 24.1 Å². The fourth-order valence-corrected chi connectivity index (χ4v) is 4.94. The molecule has 1 saturated carbocycles. The summed E-state index contributed by atoms with van der Waals surface area (Å²) in [6.07, 6.45) is 5.58. The molecule has 2 aromatic rings. The highest BCUT2D eigenvalue weighted by Crippen LogP contribution is 2.38. The van der Waals surface area contributed by atoms with E-state index in [1.807, 2.05) is 31.2 Å².